The second-order valence-corrected chi connectivity index (χ2v) is 5.63. The van der Waals surface area contributed by atoms with Gasteiger partial charge in [0, 0.05) is 21.1 Å². The Kier molecular flexibility index (Phi) is 5.74. The molecule has 0 aromatic carbocycles. The van der Waals surface area contributed by atoms with Crippen molar-refractivity contribution in [2.75, 3.05) is 34.2 Å². The predicted molar refractivity (Wildman–Crippen MR) is 80.6 cm³/mol. The standard InChI is InChI=1S/C14H19N3O2S/c1-10-8-12(20-11(10)6-5-7-15)14(19)17(4)9-13(18)16(2)3/h8H,7,9,15H2,1-4H3. The van der Waals surface area contributed by atoms with Gasteiger partial charge in [0.05, 0.1) is 22.8 Å². The number of hydrogen-bond donors (Lipinski definition) is 1. The van der Waals surface area contributed by atoms with Gasteiger partial charge in [-0.05, 0) is 18.6 Å². The Morgan fingerprint density at radius 2 is 2.00 bits per heavy atom. The van der Waals surface area contributed by atoms with Crippen molar-refractivity contribution in [3.05, 3.63) is 21.4 Å². The summed E-state index contributed by atoms with van der Waals surface area (Å²) in [7, 11) is 4.94. The number of likely N-dealkylation sites (N-methyl/N-ethyl adjacent to an activating group) is 2. The molecule has 0 radical (unpaired) electrons. The van der Waals surface area contributed by atoms with Gasteiger partial charge in [-0.3, -0.25) is 9.59 Å². The summed E-state index contributed by atoms with van der Waals surface area (Å²) in [6.07, 6.45) is 0. The van der Waals surface area contributed by atoms with Crippen LogP contribution in [0.4, 0.5) is 0 Å². The maximum Gasteiger partial charge on any atom is 0.264 e. The molecule has 0 fully saturated rings. The molecule has 0 saturated heterocycles. The minimum Gasteiger partial charge on any atom is -0.347 e. The van der Waals surface area contributed by atoms with Crippen molar-refractivity contribution < 1.29 is 9.59 Å². The van der Waals surface area contributed by atoms with Crippen LogP contribution in [0.2, 0.25) is 0 Å². The van der Waals surface area contributed by atoms with E-state index >= 15 is 0 Å². The van der Waals surface area contributed by atoms with Crippen LogP contribution in [0.25, 0.3) is 0 Å². The molecule has 20 heavy (non-hydrogen) atoms. The lowest BCUT2D eigenvalue weighted by molar-refractivity contribution is -0.129. The third-order valence-corrected chi connectivity index (χ3v) is 3.79. The Labute approximate surface area is 123 Å². The first-order valence-electron chi connectivity index (χ1n) is 6.11. The lowest BCUT2D eigenvalue weighted by Crippen LogP contribution is -2.37. The van der Waals surface area contributed by atoms with Gasteiger partial charge in [-0.2, -0.15) is 0 Å². The highest BCUT2D eigenvalue weighted by Gasteiger charge is 2.18. The van der Waals surface area contributed by atoms with E-state index in [4.69, 9.17) is 5.73 Å². The van der Waals surface area contributed by atoms with Crippen LogP contribution in [-0.4, -0.2) is 55.8 Å². The molecule has 0 unspecified atom stereocenters. The molecule has 1 rings (SSSR count). The molecule has 5 nitrogen and oxygen atoms in total. The van der Waals surface area contributed by atoms with E-state index in [0.717, 1.165) is 10.4 Å². The number of hydrogen-bond acceptors (Lipinski definition) is 4. The zero-order valence-electron chi connectivity index (χ0n) is 12.2. The summed E-state index contributed by atoms with van der Waals surface area (Å²) in [5.41, 5.74) is 6.29. The van der Waals surface area contributed by atoms with Crippen LogP contribution < -0.4 is 5.73 Å². The molecule has 2 amide bonds. The summed E-state index contributed by atoms with van der Waals surface area (Å²) in [4.78, 5) is 28.1. The first-order chi connectivity index (χ1) is 9.36. The molecule has 0 saturated carbocycles. The summed E-state index contributed by atoms with van der Waals surface area (Å²) >= 11 is 1.33. The van der Waals surface area contributed by atoms with Crippen LogP contribution in [0.15, 0.2) is 6.07 Å². The number of amides is 2. The van der Waals surface area contributed by atoms with Gasteiger partial charge in [0.25, 0.3) is 5.91 Å². The summed E-state index contributed by atoms with van der Waals surface area (Å²) in [5.74, 6) is 5.43. The topological polar surface area (TPSA) is 66.6 Å². The molecule has 2 N–H and O–H groups in total. The largest absolute Gasteiger partial charge is 0.347 e. The number of carbonyl (C=O) groups is 2. The van der Waals surface area contributed by atoms with E-state index in [0.29, 0.717) is 4.88 Å². The second-order valence-electron chi connectivity index (χ2n) is 4.58. The zero-order chi connectivity index (χ0) is 15.3. The van der Waals surface area contributed by atoms with Gasteiger partial charge >= 0.3 is 0 Å². The molecule has 0 aliphatic heterocycles. The number of nitrogens with two attached hydrogens (primary N) is 1. The lowest BCUT2D eigenvalue weighted by Gasteiger charge is -2.18. The summed E-state index contributed by atoms with van der Waals surface area (Å²) in [5, 5.41) is 0. The molecule has 0 spiro atoms. The molecule has 1 aromatic rings. The van der Waals surface area contributed by atoms with Crippen LogP contribution >= 0.6 is 11.3 Å². The van der Waals surface area contributed by atoms with E-state index in [1.807, 2.05) is 6.92 Å². The Balaban J connectivity index is 2.84. The number of rotatable bonds is 3. The van der Waals surface area contributed by atoms with Crippen molar-refractivity contribution in [3.8, 4) is 11.8 Å². The van der Waals surface area contributed by atoms with Crippen molar-refractivity contribution >= 4 is 23.2 Å². The highest BCUT2D eigenvalue weighted by Crippen LogP contribution is 2.22. The average molecular weight is 293 g/mol. The van der Waals surface area contributed by atoms with Gasteiger partial charge < -0.3 is 15.5 Å². The van der Waals surface area contributed by atoms with E-state index in [2.05, 4.69) is 11.8 Å². The maximum atomic E-state index is 12.2. The normalized spacial score (nSPS) is 9.65. The molecular weight excluding hydrogens is 274 g/mol. The third kappa shape index (κ3) is 4.08. The SMILES string of the molecule is Cc1cc(C(=O)N(C)CC(=O)N(C)C)sc1C#CCN. The van der Waals surface area contributed by atoms with Crippen molar-refractivity contribution in [2.45, 2.75) is 6.92 Å². The maximum absolute atomic E-state index is 12.2. The smallest absolute Gasteiger partial charge is 0.264 e. The summed E-state index contributed by atoms with van der Waals surface area (Å²) in [6.45, 7) is 2.25. The number of nitrogens with zero attached hydrogens (tertiary/aromatic N) is 2. The average Bonchev–Trinajstić information content (AvgIpc) is 2.76. The van der Waals surface area contributed by atoms with E-state index in [1.54, 1.807) is 27.2 Å². The van der Waals surface area contributed by atoms with Crippen molar-refractivity contribution in [1.29, 1.82) is 0 Å². The van der Waals surface area contributed by atoms with Crippen molar-refractivity contribution in [2.24, 2.45) is 5.73 Å². The van der Waals surface area contributed by atoms with E-state index < -0.39 is 0 Å². The van der Waals surface area contributed by atoms with Gasteiger partial charge in [-0.15, -0.1) is 11.3 Å². The van der Waals surface area contributed by atoms with Crippen molar-refractivity contribution in [3.63, 3.8) is 0 Å². The van der Waals surface area contributed by atoms with E-state index in [-0.39, 0.29) is 24.9 Å². The van der Waals surface area contributed by atoms with E-state index in [1.165, 1.54) is 21.1 Å². The monoisotopic (exact) mass is 293 g/mol. The first-order valence-corrected chi connectivity index (χ1v) is 6.93. The molecule has 0 aliphatic rings. The number of carbonyl (C=O) groups excluding carboxylic acids is 2. The fraction of sp³-hybridized carbons (Fsp3) is 0.429. The molecule has 0 aliphatic carbocycles. The molecular formula is C14H19N3O2S. The second kappa shape index (κ2) is 7.08. The Bertz CT molecular complexity index is 567. The fourth-order valence-corrected chi connectivity index (χ4v) is 2.49. The number of aryl methyl sites for hydroxylation is 1. The fourth-order valence-electron chi connectivity index (χ4n) is 1.45. The van der Waals surface area contributed by atoms with Crippen LogP contribution in [0.5, 0.6) is 0 Å². The van der Waals surface area contributed by atoms with E-state index in [9.17, 15) is 9.59 Å². The number of thiophene rings is 1. The Morgan fingerprint density at radius 3 is 2.55 bits per heavy atom. The summed E-state index contributed by atoms with van der Waals surface area (Å²) in [6, 6.07) is 1.80. The van der Waals surface area contributed by atoms with Crippen LogP contribution in [0.1, 0.15) is 20.1 Å². The molecule has 6 heteroatoms. The zero-order valence-corrected chi connectivity index (χ0v) is 13.0. The van der Waals surface area contributed by atoms with Gasteiger partial charge in [0.15, 0.2) is 0 Å². The first kappa shape index (κ1) is 16.2. The minimum atomic E-state index is -0.172. The Morgan fingerprint density at radius 1 is 1.35 bits per heavy atom. The van der Waals surface area contributed by atoms with Crippen LogP contribution in [0.3, 0.4) is 0 Å². The van der Waals surface area contributed by atoms with Gasteiger partial charge in [0.2, 0.25) is 5.91 Å². The van der Waals surface area contributed by atoms with Gasteiger partial charge in [-0.1, -0.05) is 11.8 Å². The Hall–Kier alpha value is -1.84. The molecule has 108 valence electrons. The predicted octanol–water partition coefficient (Wildman–Crippen LogP) is 0.527. The molecule has 1 heterocycles. The molecule has 0 atom stereocenters. The summed E-state index contributed by atoms with van der Waals surface area (Å²) < 4.78 is 0. The minimum absolute atomic E-state index is 0.0621. The lowest BCUT2D eigenvalue weighted by atomic mass is 10.2. The van der Waals surface area contributed by atoms with Crippen molar-refractivity contribution in [1.82, 2.24) is 9.80 Å². The van der Waals surface area contributed by atoms with Crippen LogP contribution in [-0.2, 0) is 4.79 Å². The molecule has 0 bridgehead atoms. The molecule has 1 aromatic heterocycles. The van der Waals surface area contributed by atoms with Gasteiger partial charge in [0.1, 0.15) is 0 Å². The quantitative estimate of drug-likeness (QED) is 0.827. The van der Waals surface area contributed by atoms with Crippen LogP contribution in [0, 0.1) is 18.8 Å². The highest BCUT2D eigenvalue weighted by molar-refractivity contribution is 7.14. The highest BCUT2D eigenvalue weighted by atomic mass is 32.1. The third-order valence-electron chi connectivity index (χ3n) is 2.65. The van der Waals surface area contributed by atoms with Gasteiger partial charge in [-0.25, -0.2) is 0 Å².